The van der Waals surface area contributed by atoms with Crippen molar-refractivity contribution in [3.63, 3.8) is 0 Å². The maximum absolute atomic E-state index is 16.5. The second kappa shape index (κ2) is 26.4. The van der Waals surface area contributed by atoms with Crippen LogP contribution in [0.3, 0.4) is 0 Å². The van der Waals surface area contributed by atoms with E-state index in [-0.39, 0.29) is 33.0 Å². The number of carbonyl (C=O) groups is 2. The van der Waals surface area contributed by atoms with Crippen LogP contribution >= 0.6 is 0 Å². The van der Waals surface area contributed by atoms with Crippen molar-refractivity contribution in [2.45, 2.75) is 136 Å². The van der Waals surface area contributed by atoms with Crippen LogP contribution in [0, 0.1) is 23.0 Å². The van der Waals surface area contributed by atoms with E-state index in [2.05, 4.69) is 51.3 Å². The molecule has 1 aliphatic rings. The van der Waals surface area contributed by atoms with E-state index in [1.807, 2.05) is 18.2 Å². The summed E-state index contributed by atoms with van der Waals surface area (Å²) in [6.45, 7) is 14.9. The fourth-order valence-corrected chi connectivity index (χ4v) is 9.24. The molecule has 7 nitrogen and oxygen atoms in total. The molecular weight excluding hydrogens is 847 g/mol. The maximum Gasteiger partial charge on any atom is 0.333 e. The monoisotopic (exact) mass is 921 g/mol. The van der Waals surface area contributed by atoms with Crippen molar-refractivity contribution < 1.29 is 42.8 Å². The van der Waals surface area contributed by atoms with Gasteiger partial charge >= 0.3 is 11.9 Å². The molecule has 0 spiro atoms. The molecule has 0 atom stereocenters. The van der Waals surface area contributed by atoms with Crippen molar-refractivity contribution in [3.8, 4) is 39.1 Å². The first-order valence-corrected chi connectivity index (χ1v) is 24.7. The van der Waals surface area contributed by atoms with Gasteiger partial charge in [-0.3, -0.25) is 0 Å². The lowest BCUT2D eigenvalue weighted by atomic mass is 9.77. The molecule has 4 aromatic rings. The standard InChI is InChI=1S/C58H74F2O7/c1-7-9-11-14-42-17-19-43(20-18-42)44-21-23-45(24-22-44)46-25-27-51(53(59)36-46)47-26-28-52(54(60)37-47)50-34-48(15-12-31-66-56(63)40(3)4)55(49(35-50)16-13-32-67-57(64)41(5)6)65-33-30-58(38-61,39-62)29-10-8-2/h21-28,34-37,42-43,61-62H,3,5,7-20,29-33,38-39H2,1-2,4,6H3. The van der Waals surface area contributed by atoms with Crippen LogP contribution in [-0.2, 0) is 31.9 Å². The summed E-state index contributed by atoms with van der Waals surface area (Å²) in [6.07, 6.45) is 14.8. The van der Waals surface area contributed by atoms with E-state index >= 15 is 8.78 Å². The van der Waals surface area contributed by atoms with E-state index in [4.69, 9.17) is 14.2 Å². The van der Waals surface area contributed by atoms with Crippen LogP contribution in [0.2, 0.25) is 0 Å². The minimum atomic E-state index is -0.716. The molecule has 0 aliphatic heterocycles. The Morgan fingerprint density at radius 1 is 0.627 bits per heavy atom. The number of aryl methyl sites for hydroxylation is 2. The van der Waals surface area contributed by atoms with Crippen LogP contribution in [-0.4, -0.2) is 55.2 Å². The van der Waals surface area contributed by atoms with Crippen molar-refractivity contribution in [2.24, 2.45) is 11.3 Å². The van der Waals surface area contributed by atoms with E-state index in [0.29, 0.717) is 83.6 Å². The van der Waals surface area contributed by atoms with Gasteiger partial charge in [0, 0.05) is 27.7 Å². The molecule has 1 fully saturated rings. The summed E-state index contributed by atoms with van der Waals surface area (Å²) in [4.78, 5) is 24.4. The smallest absolute Gasteiger partial charge is 0.333 e. The molecule has 67 heavy (non-hydrogen) atoms. The fourth-order valence-electron chi connectivity index (χ4n) is 9.24. The van der Waals surface area contributed by atoms with Crippen molar-refractivity contribution >= 4 is 11.9 Å². The molecule has 0 heterocycles. The summed E-state index contributed by atoms with van der Waals surface area (Å²) in [7, 11) is 0. The number of ether oxygens (including phenoxy) is 3. The second-order valence-electron chi connectivity index (χ2n) is 18.9. The molecule has 5 rings (SSSR count). The van der Waals surface area contributed by atoms with Crippen LogP contribution in [0.1, 0.15) is 140 Å². The first-order valence-electron chi connectivity index (χ1n) is 24.7. The second-order valence-corrected chi connectivity index (χ2v) is 18.9. The minimum absolute atomic E-state index is 0.121. The Labute approximate surface area is 398 Å². The molecule has 0 unspecified atom stereocenters. The number of aliphatic hydroxyl groups excluding tert-OH is 2. The lowest BCUT2D eigenvalue weighted by molar-refractivity contribution is -0.139. The predicted molar refractivity (Wildman–Crippen MR) is 266 cm³/mol. The molecule has 4 aromatic carbocycles. The normalized spacial score (nSPS) is 15.0. The Hall–Kier alpha value is -5.12. The summed E-state index contributed by atoms with van der Waals surface area (Å²) in [5.41, 5.74) is 5.97. The number of rotatable bonds is 27. The first-order chi connectivity index (χ1) is 32.3. The first kappa shape index (κ1) is 52.8. The van der Waals surface area contributed by atoms with Crippen molar-refractivity contribution in [1.29, 1.82) is 0 Å². The SMILES string of the molecule is C=C(C)C(=O)OCCCc1cc(-c2ccc(-c3ccc(-c4ccc(C5CCC(CCCCC)CC5)cc4)cc3F)cc2F)cc(CCCOC(=O)C(=C)C)c1OCCC(CO)(CO)CCCC. The number of benzene rings is 4. The minimum Gasteiger partial charge on any atom is -0.493 e. The molecule has 2 N–H and O–H groups in total. The molecule has 0 amide bonds. The highest BCUT2D eigenvalue weighted by molar-refractivity contribution is 5.87. The lowest BCUT2D eigenvalue weighted by Crippen LogP contribution is -2.32. The Balaban J connectivity index is 1.40. The van der Waals surface area contributed by atoms with E-state index in [9.17, 15) is 19.8 Å². The molecule has 0 bridgehead atoms. The number of halogens is 2. The fraction of sp³-hybridized carbons (Fsp3) is 0.483. The number of hydrogen-bond donors (Lipinski definition) is 2. The van der Waals surface area contributed by atoms with Crippen LogP contribution in [0.15, 0.2) is 97.1 Å². The summed E-state index contributed by atoms with van der Waals surface area (Å²) in [6, 6.07) is 22.1. The van der Waals surface area contributed by atoms with Gasteiger partial charge < -0.3 is 24.4 Å². The number of carbonyl (C=O) groups excluding carboxylic acids is 2. The molecule has 1 aliphatic carbocycles. The van der Waals surface area contributed by atoms with Gasteiger partial charge in [-0.05, 0) is 153 Å². The van der Waals surface area contributed by atoms with E-state index < -0.39 is 29.0 Å². The van der Waals surface area contributed by atoms with Crippen LogP contribution in [0.25, 0.3) is 33.4 Å². The number of unbranched alkanes of at least 4 members (excludes halogenated alkanes) is 3. The van der Waals surface area contributed by atoms with Gasteiger partial charge in [-0.15, -0.1) is 0 Å². The van der Waals surface area contributed by atoms with Crippen molar-refractivity contribution in [1.82, 2.24) is 0 Å². The Kier molecular flexibility index (Phi) is 20.8. The Bertz CT molecular complexity index is 2200. The zero-order chi connectivity index (χ0) is 48.3. The highest BCUT2D eigenvalue weighted by Gasteiger charge is 2.29. The van der Waals surface area contributed by atoms with Gasteiger partial charge in [-0.25, -0.2) is 18.4 Å². The van der Waals surface area contributed by atoms with Crippen LogP contribution in [0.5, 0.6) is 5.75 Å². The Morgan fingerprint density at radius 3 is 1.67 bits per heavy atom. The predicted octanol–water partition coefficient (Wildman–Crippen LogP) is 13.9. The van der Waals surface area contributed by atoms with Gasteiger partial charge in [0.1, 0.15) is 17.4 Å². The summed E-state index contributed by atoms with van der Waals surface area (Å²) in [5.74, 6) is 0.0295. The summed E-state index contributed by atoms with van der Waals surface area (Å²) < 4.78 is 49.8. The highest BCUT2D eigenvalue weighted by Crippen LogP contribution is 2.40. The van der Waals surface area contributed by atoms with Crippen LogP contribution < -0.4 is 4.74 Å². The van der Waals surface area contributed by atoms with Gasteiger partial charge in [-0.2, -0.15) is 0 Å². The van der Waals surface area contributed by atoms with Gasteiger partial charge in [0.25, 0.3) is 0 Å². The topological polar surface area (TPSA) is 102 Å². The van der Waals surface area contributed by atoms with Crippen molar-refractivity contribution in [3.05, 3.63) is 125 Å². The molecular formula is C58H74F2O7. The van der Waals surface area contributed by atoms with E-state index in [0.717, 1.165) is 41.0 Å². The third-order valence-electron chi connectivity index (χ3n) is 13.5. The summed E-state index contributed by atoms with van der Waals surface area (Å²) >= 11 is 0. The molecule has 9 heteroatoms. The average molecular weight is 921 g/mol. The van der Waals surface area contributed by atoms with Crippen LogP contribution in [0.4, 0.5) is 8.78 Å². The number of hydrogen-bond acceptors (Lipinski definition) is 7. The van der Waals surface area contributed by atoms with E-state index in [1.54, 1.807) is 32.0 Å². The number of aliphatic hydroxyl groups is 2. The zero-order valence-electron chi connectivity index (χ0n) is 40.5. The van der Waals surface area contributed by atoms with E-state index in [1.165, 1.54) is 69.1 Å². The molecule has 0 saturated heterocycles. The van der Waals surface area contributed by atoms with Gasteiger partial charge in [0.2, 0.25) is 0 Å². The summed E-state index contributed by atoms with van der Waals surface area (Å²) in [5, 5.41) is 20.6. The maximum atomic E-state index is 16.5. The highest BCUT2D eigenvalue weighted by atomic mass is 19.1. The van der Waals surface area contributed by atoms with Gasteiger partial charge in [-0.1, -0.05) is 114 Å². The molecule has 0 radical (unpaired) electrons. The third-order valence-corrected chi connectivity index (χ3v) is 13.5. The van der Waals surface area contributed by atoms with Gasteiger partial charge in [0.15, 0.2) is 0 Å². The van der Waals surface area contributed by atoms with Gasteiger partial charge in [0.05, 0.1) is 33.0 Å². The average Bonchev–Trinajstić information content (AvgIpc) is 3.33. The lowest BCUT2D eigenvalue weighted by Gasteiger charge is -2.30. The Morgan fingerprint density at radius 2 is 1.15 bits per heavy atom. The third kappa shape index (κ3) is 15.2. The number of esters is 2. The largest absolute Gasteiger partial charge is 0.493 e. The molecule has 0 aromatic heterocycles. The molecule has 362 valence electrons. The quantitative estimate of drug-likeness (QED) is 0.0349. The zero-order valence-corrected chi connectivity index (χ0v) is 40.5. The molecule has 1 saturated carbocycles. The van der Waals surface area contributed by atoms with Crippen molar-refractivity contribution in [2.75, 3.05) is 33.0 Å².